The van der Waals surface area contributed by atoms with E-state index in [1.165, 1.54) is 0 Å². The molecule has 0 aromatic heterocycles. The zero-order valence-corrected chi connectivity index (χ0v) is 9.87. The van der Waals surface area contributed by atoms with Crippen LogP contribution in [-0.4, -0.2) is 25.6 Å². The Kier molecular flexibility index (Phi) is 3.76. The van der Waals surface area contributed by atoms with Crippen LogP contribution in [0.25, 0.3) is 5.57 Å². The molecule has 1 aromatic carbocycles. The average molecular weight is 236 g/mol. The number of rotatable bonds is 3. The van der Waals surface area contributed by atoms with Crippen LogP contribution in [0.5, 0.6) is 5.75 Å². The third-order valence-corrected chi connectivity index (χ3v) is 2.63. The Morgan fingerprint density at radius 2 is 2.29 bits per heavy atom. The van der Waals surface area contributed by atoms with Gasteiger partial charge in [-0.3, -0.25) is 5.32 Å². The van der Waals surface area contributed by atoms with Crippen LogP contribution in [0.4, 0.5) is 4.39 Å². The van der Waals surface area contributed by atoms with Crippen molar-refractivity contribution in [3.05, 3.63) is 36.4 Å². The summed E-state index contributed by atoms with van der Waals surface area (Å²) in [7, 11) is 0. The van der Waals surface area contributed by atoms with E-state index in [4.69, 9.17) is 4.74 Å². The quantitative estimate of drug-likeness (QED) is 0.787. The van der Waals surface area contributed by atoms with E-state index in [9.17, 15) is 4.39 Å². The zero-order chi connectivity index (χ0) is 12.3. The minimum Gasteiger partial charge on any atom is -0.474 e. The molecule has 1 fully saturated rings. The van der Waals surface area contributed by atoms with E-state index < -0.39 is 6.30 Å². The van der Waals surface area contributed by atoms with Crippen molar-refractivity contribution in [2.75, 3.05) is 13.1 Å². The number of hydrogen-bond donors (Lipinski definition) is 2. The third-order valence-electron chi connectivity index (χ3n) is 2.63. The van der Waals surface area contributed by atoms with Crippen LogP contribution >= 0.6 is 0 Å². The van der Waals surface area contributed by atoms with Gasteiger partial charge < -0.3 is 10.1 Å². The number of hydrogen-bond acceptors (Lipinski definition) is 3. The van der Waals surface area contributed by atoms with Crippen molar-refractivity contribution in [1.82, 2.24) is 10.6 Å². The highest BCUT2D eigenvalue weighted by Gasteiger charge is 2.20. The van der Waals surface area contributed by atoms with Crippen molar-refractivity contribution in [3.8, 4) is 5.75 Å². The summed E-state index contributed by atoms with van der Waals surface area (Å²) in [6.45, 7) is 6.74. The molecule has 0 amide bonds. The highest BCUT2D eigenvalue weighted by molar-refractivity contribution is 5.62. The summed E-state index contributed by atoms with van der Waals surface area (Å²) in [5.74, 6) is 0.721. The van der Waals surface area contributed by atoms with Gasteiger partial charge in [0.2, 0.25) is 0 Å². The van der Waals surface area contributed by atoms with Gasteiger partial charge in [-0.1, -0.05) is 24.3 Å². The van der Waals surface area contributed by atoms with Crippen LogP contribution in [0.3, 0.4) is 0 Å². The second-order valence-corrected chi connectivity index (χ2v) is 4.21. The van der Waals surface area contributed by atoms with Gasteiger partial charge in [-0.25, -0.2) is 4.39 Å². The first kappa shape index (κ1) is 12.1. The Morgan fingerprint density at radius 1 is 1.47 bits per heavy atom. The number of allylic oxidation sites excluding steroid dienone is 1. The first-order valence-electron chi connectivity index (χ1n) is 5.68. The lowest BCUT2D eigenvalue weighted by atomic mass is 10.1. The van der Waals surface area contributed by atoms with Crippen molar-refractivity contribution in [2.24, 2.45) is 0 Å². The van der Waals surface area contributed by atoms with Gasteiger partial charge in [0.1, 0.15) is 5.75 Å². The van der Waals surface area contributed by atoms with Gasteiger partial charge in [-0.2, -0.15) is 0 Å². The Hall–Kier alpha value is -1.39. The molecule has 2 unspecified atom stereocenters. The van der Waals surface area contributed by atoms with Crippen molar-refractivity contribution in [2.45, 2.75) is 19.4 Å². The number of piperazine rings is 1. The molecule has 0 aliphatic carbocycles. The summed E-state index contributed by atoms with van der Waals surface area (Å²) in [5, 5.41) is 5.70. The van der Waals surface area contributed by atoms with Crippen LogP contribution in [0, 0.1) is 0 Å². The van der Waals surface area contributed by atoms with Crippen molar-refractivity contribution >= 4 is 5.57 Å². The van der Waals surface area contributed by atoms with Crippen molar-refractivity contribution < 1.29 is 9.13 Å². The predicted molar refractivity (Wildman–Crippen MR) is 66.5 cm³/mol. The number of halogens is 1. The molecule has 1 saturated heterocycles. The normalized spacial score (nSPS) is 24.4. The second kappa shape index (κ2) is 5.29. The van der Waals surface area contributed by atoms with E-state index in [1.807, 2.05) is 31.2 Å². The van der Waals surface area contributed by atoms with E-state index in [0.717, 1.165) is 16.9 Å². The molecule has 2 rings (SSSR count). The Morgan fingerprint density at radius 3 is 3.00 bits per heavy atom. The van der Waals surface area contributed by atoms with Crippen LogP contribution in [-0.2, 0) is 0 Å². The maximum atomic E-state index is 13.1. The molecule has 1 aliphatic rings. The Labute approximate surface area is 101 Å². The lowest BCUT2D eigenvalue weighted by molar-refractivity contribution is 0.0776. The monoisotopic (exact) mass is 236 g/mol. The molecule has 3 nitrogen and oxygen atoms in total. The van der Waals surface area contributed by atoms with E-state index in [1.54, 1.807) is 0 Å². The molecule has 2 atom stereocenters. The molecule has 4 heteroatoms. The van der Waals surface area contributed by atoms with Gasteiger partial charge in [-0.05, 0) is 24.6 Å². The number of nitrogens with one attached hydrogen (secondary N) is 2. The maximum absolute atomic E-state index is 13.1. The van der Waals surface area contributed by atoms with Gasteiger partial charge in [0.15, 0.2) is 12.5 Å². The van der Waals surface area contributed by atoms with Gasteiger partial charge in [0, 0.05) is 13.1 Å². The number of ether oxygens (including phenoxy) is 1. The summed E-state index contributed by atoms with van der Waals surface area (Å²) in [4.78, 5) is 0. The molecular weight excluding hydrogens is 219 g/mol. The van der Waals surface area contributed by atoms with Crippen LogP contribution in [0.1, 0.15) is 12.5 Å². The van der Waals surface area contributed by atoms with Gasteiger partial charge >= 0.3 is 0 Å². The fourth-order valence-electron chi connectivity index (χ4n) is 1.74. The Balaban J connectivity index is 2.02. The van der Waals surface area contributed by atoms with Crippen molar-refractivity contribution in [3.63, 3.8) is 0 Å². The highest BCUT2D eigenvalue weighted by atomic mass is 19.1. The minimum absolute atomic E-state index is 0.325. The van der Waals surface area contributed by atoms with E-state index in [-0.39, 0.29) is 6.23 Å². The summed E-state index contributed by atoms with van der Waals surface area (Å²) >= 11 is 0. The van der Waals surface area contributed by atoms with Crippen LogP contribution < -0.4 is 15.4 Å². The lowest BCUT2D eigenvalue weighted by Crippen LogP contribution is -2.55. The third kappa shape index (κ3) is 3.28. The van der Waals surface area contributed by atoms with Gasteiger partial charge in [-0.15, -0.1) is 0 Å². The molecule has 2 N–H and O–H groups in total. The molecule has 0 radical (unpaired) electrons. The fourth-order valence-corrected chi connectivity index (χ4v) is 1.74. The topological polar surface area (TPSA) is 33.3 Å². The van der Waals surface area contributed by atoms with Gasteiger partial charge in [0.25, 0.3) is 0 Å². The van der Waals surface area contributed by atoms with Crippen LogP contribution in [0.2, 0.25) is 0 Å². The minimum atomic E-state index is -1.06. The number of benzene rings is 1. The smallest absolute Gasteiger partial charge is 0.166 e. The maximum Gasteiger partial charge on any atom is 0.166 e. The fraction of sp³-hybridized carbons (Fsp3) is 0.385. The van der Waals surface area contributed by atoms with Crippen molar-refractivity contribution in [1.29, 1.82) is 0 Å². The molecule has 1 heterocycles. The molecule has 1 aromatic rings. The Bertz CT molecular complexity index is 408. The summed E-state index contributed by atoms with van der Waals surface area (Å²) in [5.41, 5.74) is 2.01. The van der Waals surface area contributed by atoms with E-state index >= 15 is 0 Å². The molecule has 0 saturated carbocycles. The van der Waals surface area contributed by atoms with E-state index in [2.05, 4.69) is 17.2 Å². The molecular formula is C13H17FN2O. The molecule has 92 valence electrons. The molecule has 0 bridgehead atoms. The largest absolute Gasteiger partial charge is 0.474 e. The summed E-state index contributed by atoms with van der Waals surface area (Å²) < 4.78 is 18.7. The van der Waals surface area contributed by atoms with E-state index in [0.29, 0.717) is 13.1 Å². The standard InChI is InChI=1S/C13H17FN2O/c1-9(2)10-4-3-5-11(6-10)17-13-8-15-7-12(14)16-13/h3-6,12-13,15-16H,1,7-8H2,2H3. The zero-order valence-electron chi connectivity index (χ0n) is 9.87. The summed E-state index contributed by atoms with van der Waals surface area (Å²) in [6.07, 6.45) is -1.39. The molecule has 1 aliphatic heterocycles. The predicted octanol–water partition coefficient (Wildman–Crippen LogP) is 1.91. The highest BCUT2D eigenvalue weighted by Crippen LogP contribution is 2.19. The summed E-state index contributed by atoms with van der Waals surface area (Å²) in [6, 6.07) is 7.64. The second-order valence-electron chi connectivity index (χ2n) is 4.21. The first-order chi connectivity index (χ1) is 8.15. The molecule has 0 spiro atoms. The molecule has 17 heavy (non-hydrogen) atoms. The average Bonchev–Trinajstić information content (AvgIpc) is 2.29. The number of alkyl halides is 1. The van der Waals surface area contributed by atoms with Gasteiger partial charge in [0.05, 0.1) is 0 Å². The SMILES string of the molecule is C=C(C)c1cccc(OC2CNCC(F)N2)c1. The first-order valence-corrected chi connectivity index (χ1v) is 5.68. The lowest BCUT2D eigenvalue weighted by Gasteiger charge is -2.28. The van der Waals surface area contributed by atoms with Crippen LogP contribution in [0.15, 0.2) is 30.8 Å².